The average Bonchev–Trinajstić information content (AvgIpc) is 2.79. The minimum absolute atomic E-state index is 0.348. The van der Waals surface area contributed by atoms with Gasteiger partial charge in [0.2, 0.25) is 5.91 Å². The minimum Gasteiger partial charge on any atom is -0.492 e. The molecule has 9 heteroatoms. The summed E-state index contributed by atoms with van der Waals surface area (Å²) in [6, 6.07) is 10.3. The van der Waals surface area contributed by atoms with Gasteiger partial charge in [0.05, 0.1) is 13.2 Å². The molecule has 1 fully saturated rings. The quantitative estimate of drug-likeness (QED) is 0.549. The standard InChI is InChI=1S/C24H29Cl2N3O4/c1-3-32-19-13-16(14-20(21(19)26)33-4-2)15-29-11-9-24(10-12-29,23(27)31)28-22(30)17-5-7-18(25)8-6-17/h5-8,13-14H,3-4,9-12,15H2,1-2H3,(H2,27,31)(H,28,30). The monoisotopic (exact) mass is 493 g/mol. The van der Waals surface area contributed by atoms with Gasteiger partial charge in [0.15, 0.2) is 0 Å². The highest BCUT2D eigenvalue weighted by Gasteiger charge is 2.41. The highest BCUT2D eigenvalue weighted by Crippen LogP contribution is 2.36. The Bertz CT molecular complexity index is 963. The van der Waals surface area contributed by atoms with E-state index in [0.717, 1.165) is 5.56 Å². The third-order valence-corrected chi connectivity index (χ3v) is 6.34. The number of carbonyl (C=O) groups is 2. The number of rotatable bonds is 9. The van der Waals surface area contributed by atoms with E-state index in [0.29, 0.717) is 72.8 Å². The zero-order valence-electron chi connectivity index (χ0n) is 18.8. The molecule has 2 amide bonds. The molecule has 0 radical (unpaired) electrons. The summed E-state index contributed by atoms with van der Waals surface area (Å²) in [4.78, 5) is 27.3. The normalized spacial score (nSPS) is 15.6. The predicted octanol–water partition coefficient (Wildman–Crippen LogP) is 4.04. The van der Waals surface area contributed by atoms with Gasteiger partial charge in [-0.25, -0.2) is 0 Å². The molecule has 0 unspecified atom stereocenters. The highest BCUT2D eigenvalue weighted by atomic mass is 35.5. The highest BCUT2D eigenvalue weighted by molar-refractivity contribution is 6.33. The molecule has 0 aliphatic carbocycles. The van der Waals surface area contributed by atoms with Gasteiger partial charge in [-0.3, -0.25) is 14.5 Å². The van der Waals surface area contributed by atoms with Crippen molar-refractivity contribution in [3.63, 3.8) is 0 Å². The van der Waals surface area contributed by atoms with Crippen LogP contribution in [0.5, 0.6) is 11.5 Å². The van der Waals surface area contributed by atoms with Crippen molar-refractivity contribution < 1.29 is 19.1 Å². The van der Waals surface area contributed by atoms with E-state index in [4.69, 9.17) is 38.4 Å². The zero-order chi connectivity index (χ0) is 24.0. The van der Waals surface area contributed by atoms with Gasteiger partial charge in [0.1, 0.15) is 22.1 Å². The third-order valence-electron chi connectivity index (χ3n) is 5.71. The van der Waals surface area contributed by atoms with E-state index in [2.05, 4.69) is 10.2 Å². The average molecular weight is 494 g/mol. The fourth-order valence-electron chi connectivity index (χ4n) is 3.91. The van der Waals surface area contributed by atoms with Gasteiger partial charge >= 0.3 is 0 Å². The summed E-state index contributed by atoms with van der Waals surface area (Å²) in [5.74, 6) is 0.283. The number of nitrogens with zero attached hydrogens (tertiary/aromatic N) is 1. The molecular formula is C24H29Cl2N3O4. The maximum atomic E-state index is 12.7. The van der Waals surface area contributed by atoms with E-state index in [1.807, 2.05) is 26.0 Å². The molecule has 7 nitrogen and oxygen atoms in total. The predicted molar refractivity (Wildman–Crippen MR) is 129 cm³/mol. The summed E-state index contributed by atoms with van der Waals surface area (Å²) >= 11 is 12.3. The van der Waals surface area contributed by atoms with Crippen LogP contribution in [0.3, 0.4) is 0 Å². The Hall–Kier alpha value is -2.48. The number of likely N-dealkylation sites (tertiary alicyclic amines) is 1. The van der Waals surface area contributed by atoms with Crippen molar-refractivity contribution in [2.24, 2.45) is 5.73 Å². The lowest BCUT2D eigenvalue weighted by atomic mass is 9.86. The van der Waals surface area contributed by atoms with Crippen molar-refractivity contribution in [2.75, 3.05) is 26.3 Å². The van der Waals surface area contributed by atoms with Crippen molar-refractivity contribution in [3.8, 4) is 11.5 Å². The van der Waals surface area contributed by atoms with Crippen LogP contribution in [0.1, 0.15) is 42.6 Å². The summed E-state index contributed by atoms with van der Waals surface area (Å²) in [7, 11) is 0. The van der Waals surface area contributed by atoms with Crippen molar-refractivity contribution >= 4 is 35.0 Å². The molecule has 0 saturated carbocycles. The molecule has 1 aliphatic rings. The van der Waals surface area contributed by atoms with E-state index in [9.17, 15) is 9.59 Å². The van der Waals surface area contributed by atoms with Crippen LogP contribution in [-0.2, 0) is 11.3 Å². The molecule has 178 valence electrons. The first-order valence-electron chi connectivity index (χ1n) is 11.0. The van der Waals surface area contributed by atoms with E-state index in [1.54, 1.807) is 24.3 Å². The zero-order valence-corrected chi connectivity index (χ0v) is 20.3. The Kier molecular flexibility index (Phi) is 8.46. The Morgan fingerprint density at radius 3 is 2.06 bits per heavy atom. The number of carbonyl (C=O) groups excluding carboxylic acids is 2. The maximum Gasteiger partial charge on any atom is 0.252 e. The molecule has 1 aliphatic heterocycles. The number of halogens is 2. The SMILES string of the molecule is CCOc1cc(CN2CCC(NC(=O)c3ccc(Cl)cc3)(C(N)=O)CC2)cc(OCC)c1Cl. The number of hydrogen-bond acceptors (Lipinski definition) is 5. The Balaban J connectivity index is 1.70. The van der Waals surface area contributed by atoms with E-state index in [1.165, 1.54) is 0 Å². The number of ether oxygens (including phenoxy) is 2. The van der Waals surface area contributed by atoms with Crippen molar-refractivity contribution in [1.82, 2.24) is 10.2 Å². The van der Waals surface area contributed by atoms with Crippen LogP contribution in [0.2, 0.25) is 10.0 Å². The molecule has 2 aromatic rings. The van der Waals surface area contributed by atoms with Gasteiger partial charge in [-0.2, -0.15) is 0 Å². The fourth-order valence-corrected chi connectivity index (χ4v) is 4.26. The van der Waals surface area contributed by atoms with Crippen molar-refractivity contribution in [3.05, 3.63) is 57.6 Å². The lowest BCUT2D eigenvalue weighted by molar-refractivity contribution is -0.126. The number of amides is 2. The second kappa shape index (κ2) is 11.1. The second-order valence-electron chi connectivity index (χ2n) is 7.96. The molecule has 0 aromatic heterocycles. The summed E-state index contributed by atoms with van der Waals surface area (Å²) in [5, 5.41) is 3.86. The topological polar surface area (TPSA) is 93.9 Å². The van der Waals surface area contributed by atoms with Gasteiger partial charge in [-0.15, -0.1) is 0 Å². The van der Waals surface area contributed by atoms with Gasteiger partial charge in [0.25, 0.3) is 5.91 Å². The molecule has 1 heterocycles. The Labute approximate surface area is 204 Å². The summed E-state index contributed by atoms with van der Waals surface area (Å²) in [5.41, 5.74) is 6.05. The molecule has 3 rings (SSSR count). The summed E-state index contributed by atoms with van der Waals surface area (Å²) in [6.45, 7) is 6.57. The third kappa shape index (κ3) is 6.10. The summed E-state index contributed by atoms with van der Waals surface area (Å²) < 4.78 is 11.3. The van der Waals surface area contributed by atoms with E-state index in [-0.39, 0.29) is 5.91 Å². The lowest BCUT2D eigenvalue weighted by Gasteiger charge is -2.40. The van der Waals surface area contributed by atoms with Crippen LogP contribution in [0.25, 0.3) is 0 Å². The first-order valence-corrected chi connectivity index (χ1v) is 11.7. The van der Waals surface area contributed by atoms with Crippen LogP contribution >= 0.6 is 23.2 Å². The molecular weight excluding hydrogens is 465 g/mol. The molecule has 0 bridgehead atoms. The minimum atomic E-state index is -1.10. The Morgan fingerprint density at radius 1 is 1.03 bits per heavy atom. The van der Waals surface area contributed by atoms with Gasteiger partial charge in [-0.05, 0) is 68.7 Å². The molecule has 3 N–H and O–H groups in total. The van der Waals surface area contributed by atoms with Crippen LogP contribution < -0.4 is 20.5 Å². The first-order chi connectivity index (χ1) is 15.8. The van der Waals surface area contributed by atoms with Gasteiger partial charge < -0.3 is 20.5 Å². The van der Waals surface area contributed by atoms with E-state index < -0.39 is 11.4 Å². The number of nitrogens with two attached hydrogens (primary N) is 1. The lowest BCUT2D eigenvalue weighted by Crippen LogP contribution is -2.62. The number of benzene rings is 2. The largest absolute Gasteiger partial charge is 0.492 e. The first kappa shape index (κ1) is 25.1. The smallest absolute Gasteiger partial charge is 0.252 e. The number of piperidine rings is 1. The molecule has 0 spiro atoms. The van der Waals surface area contributed by atoms with Gasteiger partial charge in [0, 0.05) is 30.2 Å². The molecule has 1 saturated heterocycles. The van der Waals surface area contributed by atoms with E-state index >= 15 is 0 Å². The number of nitrogens with one attached hydrogen (secondary N) is 1. The number of primary amides is 1. The molecule has 33 heavy (non-hydrogen) atoms. The maximum absolute atomic E-state index is 12.7. The molecule has 0 atom stereocenters. The van der Waals surface area contributed by atoms with Crippen molar-refractivity contribution in [2.45, 2.75) is 38.8 Å². The van der Waals surface area contributed by atoms with Crippen molar-refractivity contribution in [1.29, 1.82) is 0 Å². The fraction of sp³-hybridized carbons (Fsp3) is 0.417. The summed E-state index contributed by atoms with van der Waals surface area (Å²) in [6.07, 6.45) is 0.817. The number of hydrogen-bond donors (Lipinski definition) is 2. The Morgan fingerprint density at radius 2 is 1.58 bits per heavy atom. The van der Waals surface area contributed by atoms with Gasteiger partial charge in [-0.1, -0.05) is 23.2 Å². The van der Waals surface area contributed by atoms with Crippen LogP contribution in [0.4, 0.5) is 0 Å². The second-order valence-corrected chi connectivity index (χ2v) is 8.77. The van der Waals surface area contributed by atoms with Crippen LogP contribution in [0.15, 0.2) is 36.4 Å². The molecule has 2 aromatic carbocycles. The van der Waals surface area contributed by atoms with Crippen LogP contribution in [0, 0.1) is 0 Å². The van der Waals surface area contributed by atoms with Crippen LogP contribution in [-0.4, -0.2) is 48.6 Å².